The maximum absolute atomic E-state index is 11.9. The molecule has 92 valence electrons. The van der Waals surface area contributed by atoms with Gasteiger partial charge >= 0.3 is 5.97 Å². The molecule has 1 fully saturated rings. The zero-order chi connectivity index (χ0) is 12.4. The molecule has 1 aliphatic carbocycles. The van der Waals surface area contributed by atoms with Gasteiger partial charge in [0.05, 0.1) is 5.69 Å². The van der Waals surface area contributed by atoms with Crippen molar-refractivity contribution in [1.82, 2.24) is 4.98 Å². The molecular formula is C12H16N2O3. The molecule has 1 aliphatic rings. The highest BCUT2D eigenvalue weighted by atomic mass is 16.4. The van der Waals surface area contributed by atoms with E-state index in [1.165, 1.54) is 6.20 Å². The first-order valence-electron chi connectivity index (χ1n) is 5.81. The molecule has 1 aromatic heterocycles. The number of H-pyrrole nitrogens is 1. The van der Waals surface area contributed by atoms with Gasteiger partial charge in [-0.1, -0.05) is 12.8 Å². The van der Waals surface area contributed by atoms with Crippen molar-refractivity contribution in [2.45, 2.75) is 32.6 Å². The van der Waals surface area contributed by atoms with Crippen LogP contribution in [0.25, 0.3) is 0 Å². The molecule has 5 nitrogen and oxygen atoms in total. The smallest absolute Gasteiger partial charge is 0.339 e. The fourth-order valence-corrected chi connectivity index (χ4v) is 2.32. The molecule has 5 heteroatoms. The van der Waals surface area contributed by atoms with E-state index in [-0.39, 0.29) is 17.4 Å². The fourth-order valence-electron chi connectivity index (χ4n) is 2.32. The molecule has 0 radical (unpaired) electrons. The molecule has 17 heavy (non-hydrogen) atoms. The van der Waals surface area contributed by atoms with Crippen LogP contribution in [0.3, 0.4) is 0 Å². The fraction of sp³-hybridized carbons (Fsp3) is 0.500. The van der Waals surface area contributed by atoms with Crippen LogP contribution >= 0.6 is 0 Å². The summed E-state index contributed by atoms with van der Waals surface area (Å²) in [7, 11) is 0. The van der Waals surface area contributed by atoms with Gasteiger partial charge in [-0.05, 0) is 19.8 Å². The minimum Gasteiger partial charge on any atom is -0.478 e. The molecule has 1 amide bonds. The lowest BCUT2D eigenvalue weighted by atomic mass is 10.1. The molecule has 0 atom stereocenters. The van der Waals surface area contributed by atoms with Crippen molar-refractivity contribution in [1.29, 1.82) is 0 Å². The molecule has 0 bridgehead atoms. The van der Waals surface area contributed by atoms with E-state index in [4.69, 9.17) is 5.11 Å². The summed E-state index contributed by atoms with van der Waals surface area (Å²) in [6, 6.07) is 0. The second-order valence-corrected chi connectivity index (χ2v) is 4.48. The summed E-state index contributed by atoms with van der Waals surface area (Å²) in [5, 5.41) is 11.7. The topological polar surface area (TPSA) is 82.2 Å². The Morgan fingerprint density at radius 1 is 1.41 bits per heavy atom. The van der Waals surface area contributed by atoms with Crippen LogP contribution in [-0.2, 0) is 4.79 Å². The Bertz CT molecular complexity index is 445. The average molecular weight is 236 g/mol. The van der Waals surface area contributed by atoms with Gasteiger partial charge in [0.15, 0.2) is 0 Å². The van der Waals surface area contributed by atoms with Crippen LogP contribution in [0.1, 0.15) is 41.7 Å². The number of nitrogens with one attached hydrogen (secondary N) is 2. The van der Waals surface area contributed by atoms with Crippen molar-refractivity contribution in [3.8, 4) is 0 Å². The molecule has 1 saturated carbocycles. The molecule has 0 aromatic carbocycles. The number of hydrogen-bond donors (Lipinski definition) is 3. The summed E-state index contributed by atoms with van der Waals surface area (Å²) < 4.78 is 0. The molecule has 1 aromatic rings. The first-order valence-corrected chi connectivity index (χ1v) is 5.81. The molecule has 2 rings (SSSR count). The second-order valence-electron chi connectivity index (χ2n) is 4.48. The minimum atomic E-state index is -1.02. The molecule has 0 spiro atoms. The van der Waals surface area contributed by atoms with Gasteiger partial charge in [0.25, 0.3) is 0 Å². The summed E-state index contributed by atoms with van der Waals surface area (Å²) in [5.74, 6) is -1.05. The number of carboxylic acid groups (broad SMARTS) is 1. The Morgan fingerprint density at radius 3 is 2.65 bits per heavy atom. The van der Waals surface area contributed by atoms with Crippen LogP contribution in [0.2, 0.25) is 0 Å². The predicted molar refractivity (Wildman–Crippen MR) is 63.1 cm³/mol. The Kier molecular flexibility index (Phi) is 3.17. The molecule has 0 unspecified atom stereocenters. The quantitative estimate of drug-likeness (QED) is 0.752. The van der Waals surface area contributed by atoms with Crippen molar-refractivity contribution < 1.29 is 14.7 Å². The average Bonchev–Trinajstić information content (AvgIpc) is 2.87. The number of carbonyl (C=O) groups excluding carboxylic acids is 1. The van der Waals surface area contributed by atoms with Gasteiger partial charge < -0.3 is 15.4 Å². The Morgan fingerprint density at radius 2 is 2.06 bits per heavy atom. The van der Waals surface area contributed by atoms with Crippen LogP contribution in [0.4, 0.5) is 5.69 Å². The highest BCUT2D eigenvalue weighted by molar-refractivity contribution is 6.02. The van der Waals surface area contributed by atoms with Crippen LogP contribution in [-0.4, -0.2) is 22.0 Å². The lowest BCUT2D eigenvalue weighted by Gasteiger charge is -2.09. The lowest BCUT2D eigenvalue weighted by molar-refractivity contribution is -0.119. The van der Waals surface area contributed by atoms with Crippen molar-refractivity contribution in [3.05, 3.63) is 17.5 Å². The highest BCUT2D eigenvalue weighted by Crippen LogP contribution is 2.27. The van der Waals surface area contributed by atoms with Gasteiger partial charge in [-0.25, -0.2) is 4.79 Å². The molecule has 0 saturated heterocycles. The maximum atomic E-state index is 11.9. The van der Waals surface area contributed by atoms with E-state index in [9.17, 15) is 9.59 Å². The van der Waals surface area contributed by atoms with E-state index >= 15 is 0 Å². The number of anilines is 1. The third-order valence-electron chi connectivity index (χ3n) is 3.28. The number of aromatic amines is 1. The number of aryl methyl sites for hydroxylation is 1. The molecule has 0 aliphatic heterocycles. The zero-order valence-corrected chi connectivity index (χ0v) is 9.75. The van der Waals surface area contributed by atoms with Gasteiger partial charge in [-0.2, -0.15) is 0 Å². The number of amides is 1. The Labute approximate surface area is 99.2 Å². The van der Waals surface area contributed by atoms with E-state index in [0.29, 0.717) is 11.4 Å². The van der Waals surface area contributed by atoms with Crippen molar-refractivity contribution >= 4 is 17.6 Å². The standard InChI is InChI=1S/C12H16N2O3/c1-7-10(12(16)17)9(6-13-7)14-11(15)8-4-2-3-5-8/h6,8,13H,2-5H2,1H3,(H,14,15)(H,16,17). The van der Waals surface area contributed by atoms with Gasteiger partial charge in [0, 0.05) is 17.8 Å². The van der Waals surface area contributed by atoms with E-state index in [2.05, 4.69) is 10.3 Å². The molecule has 3 N–H and O–H groups in total. The van der Waals surface area contributed by atoms with Gasteiger partial charge in [0.2, 0.25) is 5.91 Å². The van der Waals surface area contributed by atoms with Crippen molar-refractivity contribution in [2.75, 3.05) is 5.32 Å². The van der Waals surface area contributed by atoms with E-state index in [1.807, 2.05) is 0 Å². The number of carboxylic acids is 1. The summed E-state index contributed by atoms with van der Waals surface area (Å²) in [6.45, 7) is 1.68. The SMILES string of the molecule is Cc1[nH]cc(NC(=O)C2CCCC2)c1C(=O)O. The van der Waals surface area contributed by atoms with Crippen LogP contribution in [0.15, 0.2) is 6.20 Å². The van der Waals surface area contributed by atoms with Crippen LogP contribution in [0, 0.1) is 12.8 Å². The number of hydrogen-bond acceptors (Lipinski definition) is 2. The molecule has 1 heterocycles. The number of aromatic carboxylic acids is 1. The minimum absolute atomic E-state index is 0.0341. The van der Waals surface area contributed by atoms with Gasteiger partial charge in [-0.3, -0.25) is 4.79 Å². The zero-order valence-electron chi connectivity index (χ0n) is 9.75. The lowest BCUT2D eigenvalue weighted by Crippen LogP contribution is -2.21. The second kappa shape index (κ2) is 4.61. The summed E-state index contributed by atoms with van der Waals surface area (Å²) in [6.07, 6.45) is 5.49. The highest BCUT2D eigenvalue weighted by Gasteiger charge is 2.24. The summed E-state index contributed by atoms with van der Waals surface area (Å²) in [4.78, 5) is 25.7. The Balaban J connectivity index is 2.13. The monoisotopic (exact) mass is 236 g/mol. The van der Waals surface area contributed by atoms with Crippen molar-refractivity contribution in [2.24, 2.45) is 5.92 Å². The normalized spacial score (nSPS) is 16.1. The number of carbonyl (C=O) groups is 2. The van der Waals surface area contributed by atoms with Crippen molar-refractivity contribution in [3.63, 3.8) is 0 Å². The predicted octanol–water partition coefficient (Wildman–Crippen LogP) is 2.15. The van der Waals surface area contributed by atoms with E-state index in [0.717, 1.165) is 25.7 Å². The first-order chi connectivity index (χ1) is 8.09. The van der Waals surface area contributed by atoms with Crippen LogP contribution in [0.5, 0.6) is 0 Å². The van der Waals surface area contributed by atoms with Gasteiger partial charge in [-0.15, -0.1) is 0 Å². The maximum Gasteiger partial charge on any atom is 0.339 e. The van der Waals surface area contributed by atoms with Crippen LogP contribution < -0.4 is 5.32 Å². The third-order valence-corrected chi connectivity index (χ3v) is 3.28. The first kappa shape index (κ1) is 11.7. The van der Waals surface area contributed by atoms with E-state index < -0.39 is 5.97 Å². The molecular weight excluding hydrogens is 220 g/mol. The third kappa shape index (κ3) is 2.33. The summed E-state index contributed by atoms with van der Waals surface area (Å²) >= 11 is 0. The van der Waals surface area contributed by atoms with Gasteiger partial charge in [0.1, 0.15) is 5.56 Å². The Hall–Kier alpha value is -1.78. The number of rotatable bonds is 3. The van der Waals surface area contributed by atoms with E-state index in [1.54, 1.807) is 6.92 Å². The number of aromatic nitrogens is 1. The largest absolute Gasteiger partial charge is 0.478 e. The summed E-state index contributed by atoms with van der Waals surface area (Å²) in [5.41, 5.74) is 1.07.